The van der Waals surface area contributed by atoms with Gasteiger partial charge in [-0.15, -0.1) is 12.6 Å². The number of rotatable bonds is 2. The van der Waals surface area contributed by atoms with E-state index in [-0.39, 0.29) is 5.56 Å². The van der Waals surface area contributed by atoms with Gasteiger partial charge in [-0.1, -0.05) is 0 Å². The van der Waals surface area contributed by atoms with E-state index in [0.717, 1.165) is 0 Å². The SMILES string of the molecule is O=C(O)c1ccc(S)cc1SO. The third-order valence-electron chi connectivity index (χ3n) is 1.29. The standard InChI is InChI=1S/C7H6O3S2/c8-7(9)5-2-1-4(11)3-6(5)12-10/h1-3,10-11H,(H,8,9). The first-order valence-corrected chi connectivity index (χ1v) is 4.25. The highest BCUT2D eigenvalue weighted by molar-refractivity contribution is 7.93. The van der Waals surface area contributed by atoms with Gasteiger partial charge in [-0.2, -0.15) is 0 Å². The highest BCUT2D eigenvalue weighted by Gasteiger charge is 2.09. The minimum atomic E-state index is -1.06. The molecular weight excluding hydrogens is 196 g/mol. The van der Waals surface area contributed by atoms with Crippen LogP contribution in [0.5, 0.6) is 0 Å². The Morgan fingerprint density at radius 2 is 2.17 bits per heavy atom. The summed E-state index contributed by atoms with van der Waals surface area (Å²) in [5, 5.41) is 8.64. The molecule has 0 amide bonds. The van der Waals surface area contributed by atoms with E-state index in [9.17, 15) is 4.79 Å². The van der Waals surface area contributed by atoms with E-state index in [2.05, 4.69) is 12.6 Å². The average molecular weight is 202 g/mol. The molecule has 12 heavy (non-hydrogen) atoms. The molecule has 0 saturated carbocycles. The molecule has 5 heteroatoms. The molecule has 0 fully saturated rings. The normalized spacial score (nSPS) is 9.83. The molecule has 3 nitrogen and oxygen atoms in total. The molecule has 0 aliphatic rings. The van der Waals surface area contributed by atoms with E-state index < -0.39 is 5.97 Å². The maximum atomic E-state index is 10.5. The van der Waals surface area contributed by atoms with Crippen LogP contribution in [0.2, 0.25) is 0 Å². The number of benzene rings is 1. The van der Waals surface area contributed by atoms with Crippen LogP contribution in [0.3, 0.4) is 0 Å². The maximum absolute atomic E-state index is 10.5. The summed E-state index contributed by atoms with van der Waals surface area (Å²) in [7, 11) is 0. The molecule has 0 spiro atoms. The van der Waals surface area contributed by atoms with Gasteiger partial charge in [-0.25, -0.2) is 4.79 Å². The molecule has 0 heterocycles. The first kappa shape index (κ1) is 9.44. The number of carboxylic acids is 1. The zero-order valence-corrected chi connectivity index (χ0v) is 7.60. The Hall–Kier alpha value is -0.650. The molecule has 0 radical (unpaired) electrons. The molecule has 0 unspecified atom stereocenters. The lowest BCUT2D eigenvalue weighted by Crippen LogP contribution is -1.98. The highest BCUT2D eigenvalue weighted by atomic mass is 32.2. The molecule has 0 aliphatic heterocycles. The second-order valence-corrected chi connectivity index (χ2v) is 3.22. The molecule has 0 aliphatic carbocycles. The maximum Gasteiger partial charge on any atom is 0.336 e. The molecule has 1 aromatic carbocycles. The van der Waals surface area contributed by atoms with Crippen molar-refractivity contribution in [2.75, 3.05) is 0 Å². The van der Waals surface area contributed by atoms with Crippen LogP contribution in [-0.4, -0.2) is 15.6 Å². The van der Waals surface area contributed by atoms with E-state index >= 15 is 0 Å². The van der Waals surface area contributed by atoms with Gasteiger partial charge in [0, 0.05) is 16.9 Å². The summed E-state index contributed by atoms with van der Waals surface area (Å²) in [5.41, 5.74) is 0.0836. The number of aromatic carboxylic acids is 1. The molecule has 0 saturated heterocycles. The molecule has 0 aromatic heterocycles. The molecule has 0 bridgehead atoms. The fraction of sp³-hybridized carbons (Fsp3) is 0. The van der Waals surface area contributed by atoms with Gasteiger partial charge in [0.05, 0.1) is 10.5 Å². The van der Waals surface area contributed by atoms with Crippen molar-refractivity contribution in [2.45, 2.75) is 9.79 Å². The summed E-state index contributed by atoms with van der Waals surface area (Å²) < 4.78 is 8.71. The zero-order chi connectivity index (χ0) is 9.14. The molecule has 0 atom stereocenters. The van der Waals surface area contributed by atoms with Crippen molar-refractivity contribution in [1.82, 2.24) is 0 Å². The topological polar surface area (TPSA) is 57.5 Å². The van der Waals surface area contributed by atoms with Crippen molar-refractivity contribution in [2.24, 2.45) is 0 Å². The number of carboxylic acid groups (broad SMARTS) is 1. The van der Waals surface area contributed by atoms with Crippen LogP contribution in [0.15, 0.2) is 28.0 Å². The van der Waals surface area contributed by atoms with E-state index in [1.165, 1.54) is 12.1 Å². The second-order valence-electron chi connectivity index (χ2n) is 2.08. The molecule has 1 aromatic rings. The summed E-state index contributed by atoms with van der Waals surface area (Å²) in [6, 6.07) is 4.47. The Morgan fingerprint density at radius 3 is 2.67 bits per heavy atom. The van der Waals surface area contributed by atoms with Gasteiger partial charge < -0.3 is 9.66 Å². The predicted molar refractivity (Wildman–Crippen MR) is 49.1 cm³/mol. The Bertz CT molecular complexity index is 312. The molecule has 1 rings (SSSR count). The van der Waals surface area contributed by atoms with E-state index in [1.54, 1.807) is 6.07 Å². The minimum absolute atomic E-state index is 0.0836. The largest absolute Gasteiger partial charge is 0.478 e. The van der Waals surface area contributed by atoms with Gasteiger partial charge in [-0.3, -0.25) is 0 Å². The Morgan fingerprint density at radius 1 is 1.50 bits per heavy atom. The smallest absolute Gasteiger partial charge is 0.336 e. The van der Waals surface area contributed by atoms with Gasteiger partial charge in [0.2, 0.25) is 0 Å². The predicted octanol–water partition coefficient (Wildman–Crippen LogP) is 2.24. The fourth-order valence-electron chi connectivity index (χ4n) is 0.763. The summed E-state index contributed by atoms with van der Waals surface area (Å²) in [5.74, 6) is -1.06. The van der Waals surface area contributed by atoms with E-state index in [0.29, 0.717) is 21.8 Å². The van der Waals surface area contributed by atoms with Gasteiger partial charge >= 0.3 is 5.97 Å². The van der Waals surface area contributed by atoms with E-state index in [1.807, 2.05) is 0 Å². The second kappa shape index (κ2) is 3.84. The van der Waals surface area contributed by atoms with Gasteiger partial charge in [0.1, 0.15) is 0 Å². The third-order valence-corrected chi connectivity index (χ3v) is 2.11. The van der Waals surface area contributed by atoms with Gasteiger partial charge in [0.15, 0.2) is 0 Å². The van der Waals surface area contributed by atoms with Gasteiger partial charge in [-0.05, 0) is 18.2 Å². The fourth-order valence-corrected chi connectivity index (χ4v) is 1.49. The first-order valence-electron chi connectivity index (χ1n) is 3.03. The van der Waals surface area contributed by atoms with Crippen molar-refractivity contribution in [3.8, 4) is 0 Å². The van der Waals surface area contributed by atoms with Gasteiger partial charge in [0.25, 0.3) is 0 Å². The Labute approximate surface area is 79.0 Å². The number of hydrogen-bond donors (Lipinski definition) is 3. The highest BCUT2D eigenvalue weighted by Crippen LogP contribution is 2.23. The van der Waals surface area contributed by atoms with Crippen molar-refractivity contribution < 1.29 is 14.5 Å². The summed E-state index contributed by atoms with van der Waals surface area (Å²) >= 11 is 4.41. The van der Waals surface area contributed by atoms with Crippen LogP contribution in [0.1, 0.15) is 10.4 Å². The van der Waals surface area contributed by atoms with Crippen LogP contribution < -0.4 is 0 Å². The van der Waals surface area contributed by atoms with Crippen LogP contribution in [0.25, 0.3) is 0 Å². The lowest BCUT2D eigenvalue weighted by Gasteiger charge is -2.01. The average Bonchev–Trinajstić information content (AvgIpc) is 2.03. The van der Waals surface area contributed by atoms with Crippen LogP contribution >= 0.6 is 24.7 Å². The summed E-state index contributed by atoms with van der Waals surface area (Å²) in [6.45, 7) is 0. The Balaban J connectivity index is 3.20. The van der Waals surface area contributed by atoms with Crippen LogP contribution in [0.4, 0.5) is 0 Å². The quantitative estimate of drug-likeness (QED) is 0.508. The molecule has 2 N–H and O–H groups in total. The van der Waals surface area contributed by atoms with Crippen molar-refractivity contribution >= 4 is 30.6 Å². The number of carbonyl (C=O) groups is 1. The number of hydrogen-bond acceptors (Lipinski definition) is 4. The van der Waals surface area contributed by atoms with Crippen molar-refractivity contribution in [3.63, 3.8) is 0 Å². The lowest BCUT2D eigenvalue weighted by molar-refractivity contribution is 0.0693. The lowest BCUT2D eigenvalue weighted by atomic mass is 10.2. The first-order chi connectivity index (χ1) is 5.65. The zero-order valence-electron chi connectivity index (χ0n) is 5.89. The van der Waals surface area contributed by atoms with Crippen LogP contribution in [0, 0.1) is 0 Å². The monoisotopic (exact) mass is 202 g/mol. The van der Waals surface area contributed by atoms with Crippen molar-refractivity contribution in [1.29, 1.82) is 0 Å². The summed E-state index contributed by atoms with van der Waals surface area (Å²) in [4.78, 5) is 11.5. The van der Waals surface area contributed by atoms with Crippen molar-refractivity contribution in [3.05, 3.63) is 23.8 Å². The Kier molecular flexibility index (Phi) is 3.02. The minimum Gasteiger partial charge on any atom is -0.478 e. The van der Waals surface area contributed by atoms with Crippen LogP contribution in [-0.2, 0) is 0 Å². The van der Waals surface area contributed by atoms with E-state index in [4.69, 9.17) is 9.66 Å². The number of thiol groups is 1. The third kappa shape index (κ3) is 1.94. The molecule has 64 valence electrons. The summed E-state index contributed by atoms with van der Waals surface area (Å²) in [6.07, 6.45) is 0. The molecular formula is C7H6O3S2.